The topological polar surface area (TPSA) is 53.2 Å². The fraction of sp³-hybridized carbons (Fsp3) is 0.625. The molecule has 2 unspecified atom stereocenters. The molecule has 4 heteroatoms. The van der Waals surface area contributed by atoms with Crippen LogP contribution < -0.4 is 5.56 Å². The standard InChI is InChI=1S/C16H22N2O2/c1-10-7-11(2)17-15(19)14(10)16(20)18-8-12-5-3-4-6-13(12)9-18/h7,12-13H,3-6,8-9H2,1-2H3,(H,17,19). The molecule has 0 spiro atoms. The van der Waals surface area contributed by atoms with E-state index >= 15 is 0 Å². The monoisotopic (exact) mass is 274 g/mol. The molecule has 1 aromatic heterocycles. The van der Waals surface area contributed by atoms with Crippen molar-refractivity contribution in [3.05, 3.63) is 33.2 Å². The number of rotatable bonds is 1. The van der Waals surface area contributed by atoms with E-state index in [0.29, 0.717) is 17.4 Å². The Balaban J connectivity index is 1.85. The number of hydrogen-bond donors (Lipinski definition) is 1. The lowest BCUT2D eigenvalue weighted by atomic mass is 9.82. The first-order valence-corrected chi connectivity index (χ1v) is 7.56. The lowest BCUT2D eigenvalue weighted by Gasteiger charge is -2.22. The molecule has 1 N–H and O–H groups in total. The lowest BCUT2D eigenvalue weighted by Crippen LogP contribution is -2.34. The van der Waals surface area contributed by atoms with E-state index in [1.165, 1.54) is 25.7 Å². The molecule has 0 bridgehead atoms. The number of aromatic amines is 1. The predicted molar refractivity (Wildman–Crippen MR) is 77.9 cm³/mol. The number of hydrogen-bond acceptors (Lipinski definition) is 2. The van der Waals surface area contributed by atoms with Gasteiger partial charge in [0.1, 0.15) is 5.56 Å². The second-order valence-corrected chi connectivity index (χ2v) is 6.35. The minimum atomic E-state index is -0.248. The third-order valence-corrected chi connectivity index (χ3v) is 4.84. The smallest absolute Gasteiger partial charge is 0.261 e. The number of nitrogens with zero attached hydrogens (tertiary/aromatic N) is 1. The molecule has 0 radical (unpaired) electrons. The first kappa shape index (κ1) is 13.4. The number of aryl methyl sites for hydroxylation is 2. The van der Waals surface area contributed by atoms with E-state index in [0.717, 1.165) is 24.3 Å². The van der Waals surface area contributed by atoms with Gasteiger partial charge in [-0.2, -0.15) is 0 Å². The summed E-state index contributed by atoms with van der Waals surface area (Å²) in [6, 6.07) is 1.87. The number of aromatic nitrogens is 1. The van der Waals surface area contributed by atoms with Crippen molar-refractivity contribution in [3.63, 3.8) is 0 Å². The predicted octanol–water partition coefficient (Wildman–Crippen LogP) is 2.25. The van der Waals surface area contributed by atoms with E-state index in [4.69, 9.17) is 0 Å². The number of pyridine rings is 1. The van der Waals surface area contributed by atoms with Crippen LogP contribution in [0.25, 0.3) is 0 Å². The Bertz CT molecular complexity index is 577. The first-order valence-electron chi connectivity index (χ1n) is 7.56. The van der Waals surface area contributed by atoms with Crippen LogP contribution in [-0.4, -0.2) is 28.9 Å². The first-order chi connectivity index (χ1) is 9.56. The maximum absolute atomic E-state index is 12.6. The van der Waals surface area contributed by atoms with Crippen molar-refractivity contribution >= 4 is 5.91 Å². The van der Waals surface area contributed by atoms with Crippen LogP contribution in [0.3, 0.4) is 0 Å². The fourth-order valence-electron chi connectivity index (χ4n) is 3.85. The molecule has 2 heterocycles. The highest BCUT2D eigenvalue weighted by Crippen LogP contribution is 2.36. The number of likely N-dealkylation sites (tertiary alicyclic amines) is 1. The van der Waals surface area contributed by atoms with Gasteiger partial charge in [0.15, 0.2) is 0 Å². The summed E-state index contributed by atoms with van der Waals surface area (Å²) >= 11 is 0. The molecule has 0 aromatic carbocycles. The van der Waals surface area contributed by atoms with Gasteiger partial charge in [0.2, 0.25) is 0 Å². The van der Waals surface area contributed by atoms with Gasteiger partial charge in [-0.25, -0.2) is 0 Å². The Labute approximate surface area is 119 Å². The van der Waals surface area contributed by atoms with E-state index in [1.807, 2.05) is 24.8 Å². The van der Waals surface area contributed by atoms with Crippen molar-refractivity contribution < 1.29 is 4.79 Å². The molecule has 20 heavy (non-hydrogen) atoms. The number of fused-ring (bicyclic) bond motifs is 1. The average Bonchev–Trinajstić information content (AvgIpc) is 2.81. The Kier molecular flexibility index (Phi) is 3.40. The van der Waals surface area contributed by atoms with Crippen molar-refractivity contribution in [2.75, 3.05) is 13.1 Å². The normalized spacial score (nSPS) is 25.6. The number of nitrogens with one attached hydrogen (secondary N) is 1. The molecule has 2 aliphatic rings. The molecular formula is C16H22N2O2. The van der Waals surface area contributed by atoms with Gasteiger partial charge in [0.25, 0.3) is 11.5 Å². The lowest BCUT2D eigenvalue weighted by molar-refractivity contribution is 0.0781. The van der Waals surface area contributed by atoms with Crippen LogP contribution >= 0.6 is 0 Å². The SMILES string of the molecule is Cc1cc(C)c(C(=O)N2CC3CCCCC3C2)c(=O)[nH]1. The van der Waals surface area contributed by atoms with E-state index in [1.54, 1.807) is 0 Å². The summed E-state index contributed by atoms with van der Waals surface area (Å²) in [5.41, 5.74) is 1.67. The zero-order chi connectivity index (χ0) is 14.3. The number of amides is 1. The van der Waals surface area contributed by atoms with Gasteiger partial charge < -0.3 is 9.88 Å². The van der Waals surface area contributed by atoms with Crippen molar-refractivity contribution in [2.24, 2.45) is 11.8 Å². The van der Waals surface area contributed by atoms with Crippen molar-refractivity contribution in [2.45, 2.75) is 39.5 Å². The largest absolute Gasteiger partial charge is 0.338 e. The molecule has 1 aliphatic carbocycles. The Hall–Kier alpha value is -1.58. The van der Waals surface area contributed by atoms with Crippen molar-refractivity contribution in [1.29, 1.82) is 0 Å². The number of carbonyl (C=O) groups excluding carboxylic acids is 1. The van der Waals surface area contributed by atoms with Gasteiger partial charge in [-0.05, 0) is 50.2 Å². The zero-order valence-electron chi connectivity index (χ0n) is 12.2. The summed E-state index contributed by atoms with van der Waals surface area (Å²) in [7, 11) is 0. The van der Waals surface area contributed by atoms with Crippen LogP contribution in [0.2, 0.25) is 0 Å². The quantitative estimate of drug-likeness (QED) is 0.854. The summed E-state index contributed by atoms with van der Waals surface area (Å²) < 4.78 is 0. The van der Waals surface area contributed by atoms with E-state index in [9.17, 15) is 9.59 Å². The molecule has 1 amide bonds. The summed E-state index contributed by atoms with van der Waals surface area (Å²) in [4.78, 5) is 29.4. The van der Waals surface area contributed by atoms with Gasteiger partial charge in [-0.1, -0.05) is 12.8 Å². The zero-order valence-corrected chi connectivity index (χ0v) is 12.2. The maximum atomic E-state index is 12.6. The summed E-state index contributed by atoms with van der Waals surface area (Å²) in [6.07, 6.45) is 5.04. The fourth-order valence-corrected chi connectivity index (χ4v) is 3.85. The average molecular weight is 274 g/mol. The molecule has 2 fully saturated rings. The Morgan fingerprint density at radius 3 is 2.35 bits per heavy atom. The highest BCUT2D eigenvalue weighted by molar-refractivity contribution is 5.95. The van der Waals surface area contributed by atoms with Crippen LogP contribution in [-0.2, 0) is 0 Å². The van der Waals surface area contributed by atoms with E-state index in [2.05, 4.69) is 4.98 Å². The minimum Gasteiger partial charge on any atom is -0.338 e. The molecule has 1 aliphatic heterocycles. The van der Waals surface area contributed by atoms with Crippen LogP contribution in [0.5, 0.6) is 0 Å². The minimum absolute atomic E-state index is 0.0850. The molecule has 1 aromatic rings. The molecule has 4 nitrogen and oxygen atoms in total. The Morgan fingerprint density at radius 1 is 1.20 bits per heavy atom. The third-order valence-electron chi connectivity index (χ3n) is 4.84. The number of carbonyl (C=O) groups is 1. The van der Waals surface area contributed by atoms with Gasteiger partial charge in [-0.3, -0.25) is 9.59 Å². The van der Waals surface area contributed by atoms with Crippen LogP contribution in [0.15, 0.2) is 10.9 Å². The third kappa shape index (κ3) is 2.28. The van der Waals surface area contributed by atoms with Crippen LogP contribution in [0.4, 0.5) is 0 Å². The second kappa shape index (κ2) is 5.08. The number of H-pyrrole nitrogens is 1. The summed E-state index contributed by atoms with van der Waals surface area (Å²) in [5.74, 6) is 1.22. The summed E-state index contributed by atoms with van der Waals surface area (Å²) in [6.45, 7) is 5.35. The molecule has 1 saturated carbocycles. The van der Waals surface area contributed by atoms with Crippen molar-refractivity contribution in [3.8, 4) is 0 Å². The van der Waals surface area contributed by atoms with E-state index < -0.39 is 0 Å². The van der Waals surface area contributed by atoms with Crippen LogP contribution in [0.1, 0.15) is 47.3 Å². The van der Waals surface area contributed by atoms with Gasteiger partial charge >= 0.3 is 0 Å². The maximum Gasteiger partial charge on any atom is 0.261 e. The highest BCUT2D eigenvalue weighted by Gasteiger charge is 2.37. The Morgan fingerprint density at radius 2 is 1.80 bits per heavy atom. The van der Waals surface area contributed by atoms with Gasteiger partial charge in [-0.15, -0.1) is 0 Å². The molecule has 1 saturated heterocycles. The molecular weight excluding hydrogens is 252 g/mol. The van der Waals surface area contributed by atoms with E-state index in [-0.39, 0.29) is 11.5 Å². The molecule has 3 rings (SSSR count). The van der Waals surface area contributed by atoms with Crippen molar-refractivity contribution in [1.82, 2.24) is 9.88 Å². The van der Waals surface area contributed by atoms with Gasteiger partial charge in [0.05, 0.1) is 0 Å². The molecule has 2 atom stereocenters. The summed E-state index contributed by atoms with van der Waals surface area (Å²) in [5, 5.41) is 0. The van der Waals surface area contributed by atoms with Gasteiger partial charge in [0, 0.05) is 18.8 Å². The second-order valence-electron chi connectivity index (χ2n) is 6.35. The van der Waals surface area contributed by atoms with Crippen LogP contribution in [0, 0.1) is 25.7 Å². The molecule has 108 valence electrons. The highest BCUT2D eigenvalue weighted by atomic mass is 16.2.